The zero-order chi connectivity index (χ0) is 22.5. The third-order valence-electron chi connectivity index (χ3n) is 4.78. The summed E-state index contributed by atoms with van der Waals surface area (Å²) >= 11 is 0. The lowest BCUT2D eigenvalue weighted by molar-refractivity contribution is -0.384. The number of nitrogens with one attached hydrogen (secondary N) is 1. The molecule has 0 spiro atoms. The molecule has 1 amide bonds. The molecule has 0 atom stereocenters. The second-order valence-electron chi connectivity index (χ2n) is 6.93. The first-order chi connectivity index (χ1) is 15.5. The number of nitro benzene ring substituents is 1. The predicted molar refractivity (Wildman–Crippen MR) is 116 cm³/mol. The van der Waals surface area contributed by atoms with Crippen molar-refractivity contribution in [3.05, 3.63) is 106 Å². The molecule has 0 radical (unpaired) electrons. The highest BCUT2D eigenvalue weighted by Gasteiger charge is 2.18. The first kappa shape index (κ1) is 20.9. The van der Waals surface area contributed by atoms with E-state index < -0.39 is 4.92 Å². The van der Waals surface area contributed by atoms with Gasteiger partial charge in [-0.15, -0.1) is 0 Å². The third-order valence-corrected chi connectivity index (χ3v) is 4.78. The monoisotopic (exact) mass is 431 g/mol. The average Bonchev–Trinajstić information content (AvgIpc) is 3.26. The second-order valence-corrected chi connectivity index (χ2v) is 6.93. The summed E-state index contributed by atoms with van der Waals surface area (Å²) in [6.45, 7) is 0.368. The molecule has 0 bridgehead atoms. The van der Waals surface area contributed by atoms with Crippen molar-refractivity contribution in [3.63, 3.8) is 0 Å². The van der Waals surface area contributed by atoms with Crippen LogP contribution in [0, 0.1) is 15.9 Å². The SMILES string of the molecule is O=C(NCCc1ccccn1)c1cc(-c2ccc(F)cc2)nn1-c1ccc([N+](=O)[O-])cc1. The van der Waals surface area contributed by atoms with Crippen LogP contribution in [-0.4, -0.2) is 32.1 Å². The van der Waals surface area contributed by atoms with Gasteiger partial charge in [-0.3, -0.25) is 19.9 Å². The lowest BCUT2D eigenvalue weighted by Gasteiger charge is -2.08. The molecule has 2 aromatic heterocycles. The van der Waals surface area contributed by atoms with E-state index in [0.717, 1.165) is 5.69 Å². The number of aromatic nitrogens is 3. The first-order valence-corrected chi connectivity index (χ1v) is 9.80. The van der Waals surface area contributed by atoms with Crippen molar-refractivity contribution >= 4 is 11.6 Å². The summed E-state index contributed by atoms with van der Waals surface area (Å²) in [5.41, 5.74) is 2.62. The van der Waals surface area contributed by atoms with Gasteiger partial charge in [-0.2, -0.15) is 5.10 Å². The van der Waals surface area contributed by atoms with E-state index in [4.69, 9.17) is 0 Å². The van der Waals surface area contributed by atoms with Crippen LogP contribution in [0.15, 0.2) is 79.0 Å². The van der Waals surface area contributed by atoms with E-state index in [1.165, 1.54) is 41.1 Å². The number of non-ortho nitro benzene ring substituents is 1. The Kier molecular flexibility index (Phi) is 5.98. The number of carbonyl (C=O) groups excluding carboxylic acids is 1. The Morgan fingerprint density at radius 3 is 2.47 bits per heavy atom. The van der Waals surface area contributed by atoms with Gasteiger partial charge in [-0.1, -0.05) is 6.07 Å². The zero-order valence-electron chi connectivity index (χ0n) is 16.8. The lowest BCUT2D eigenvalue weighted by atomic mass is 10.1. The number of benzene rings is 2. The van der Waals surface area contributed by atoms with Gasteiger partial charge in [0.2, 0.25) is 0 Å². The van der Waals surface area contributed by atoms with E-state index in [-0.39, 0.29) is 23.1 Å². The molecule has 0 unspecified atom stereocenters. The second kappa shape index (κ2) is 9.17. The molecule has 1 N–H and O–H groups in total. The fourth-order valence-electron chi connectivity index (χ4n) is 3.16. The summed E-state index contributed by atoms with van der Waals surface area (Å²) in [5.74, 6) is -0.740. The molecule has 4 rings (SSSR count). The number of nitrogens with zero attached hydrogens (tertiary/aromatic N) is 4. The van der Waals surface area contributed by atoms with Gasteiger partial charge in [0, 0.05) is 42.6 Å². The van der Waals surface area contributed by atoms with E-state index >= 15 is 0 Å². The van der Waals surface area contributed by atoms with Crippen LogP contribution in [0.1, 0.15) is 16.2 Å². The van der Waals surface area contributed by atoms with E-state index in [1.54, 1.807) is 24.4 Å². The highest BCUT2D eigenvalue weighted by atomic mass is 19.1. The van der Waals surface area contributed by atoms with Gasteiger partial charge >= 0.3 is 0 Å². The molecule has 0 fully saturated rings. The van der Waals surface area contributed by atoms with Crippen molar-refractivity contribution in [1.82, 2.24) is 20.1 Å². The molecule has 4 aromatic rings. The summed E-state index contributed by atoms with van der Waals surface area (Å²) in [6.07, 6.45) is 2.25. The number of amides is 1. The molecule has 32 heavy (non-hydrogen) atoms. The number of hydrogen-bond acceptors (Lipinski definition) is 5. The smallest absolute Gasteiger partial charge is 0.270 e. The maximum Gasteiger partial charge on any atom is 0.270 e. The van der Waals surface area contributed by atoms with E-state index in [1.807, 2.05) is 18.2 Å². The summed E-state index contributed by atoms with van der Waals surface area (Å²) in [6, 6.07) is 18.7. The van der Waals surface area contributed by atoms with Crippen LogP contribution in [-0.2, 0) is 6.42 Å². The topological polar surface area (TPSA) is 103 Å². The van der Waals surface area contributed by atoms with E-state index in [9.17, 15) is 19.3 Å². The largest absolute Gasteiger partial charge is 0.350 e. The van der Waals surface area contributed by atoms with Crippen LogP contribution in [0.25, 0.3) is 16.9 Å². The van der Waals surface area contributed by atoms with Crippen molar-refractivity contribution < 1.29 is 14.1 Å². The standard InChI is InChI=1S/C23H18FN5O3/c24-17-6-4-16(5-7-17)21-15-22(23(30)26-14-12-18-3-1-2-13-25-18)28(27-21)19-8-10-20(11-9-19)29(31)32/h1-11,13,15H,12,14H2,(H,26,30). The Balaban J connectivity index is 1.63. The summed E-state index contributed by atoms with van der Waals surface area (Å²) in [7, 11) is 0. The van der Waals surface area contributed by atoms with Crippen LogP contribution in [0.3, 0.4) is 0 Å². The van der Waals surface area contributed by atoms with Crippen LogP contribution in [0.2, 0.25) is 0 Å². The first-order valence-electron chi connectivity index (χ1n) is 9.80. The van der Waals surface area contributed by atoms with Crippen LogP contribution in [0.5, 0.6) is 0 Å². The Morgan fingerprint density at radius 1 is 1.06 bits per heavy atom. The zero-order valence-corrected chi connectivity index (χ0v) is 16.8. The number of pyridine rings is 1. The predicted octanol–water partition coefficient (Wildman–Crippen LogP) is 3.95. The molecule has 160 valence electrons. The van der Waals surface area contributed by atoms with Gasteiger partial charge in [0.15, 0.2) is 0 Å². The number of carbonyl (C=O) groups is 1. The van der Waals surface area contributed by atoms with Crippen molar-refractivity contribution in [2.45, 2.75) is 6.42 Å². The fraction of sp³-hybridized carbons (Fsp3) is 0.0870. The van der Waals surface area contributed by atoms with Gasteiger partial charge < -0.3 is 5.32 Å². The fourth-order valence-corrected chi connectivity index (χ4v) is 3.16. The quantitative estimate of drug-likeness (QED) is 0.353. The normalized spacial score (nSPS) is 10.7. The minimum Gasteiger partial charge on any atom is -0.350 e. The number of rotatable bonds is 7. The van der Waals surface area contributed by atoms with Gasteiger partial charge in [-0.25, -0.2) is 9.07 Å². The average molecular weight is 431 g/mol. The van der Waals surface area contributed by atoms with Gasteiger partial charge in [-0.05, 0) is 54.6 Å². The van der Waals surface area contributed by atoms with Crippen LogP contribution in [0.4, 0.5) is 10.1 Å². The van der Waals surface area contributed by atoms with Crippen molar-refractivity contribution in [2.24, 2.45) is 0 Å². The molecule has 0 saturated heterocycles. The maximum atomic E-state index is 13.3. The summed E-state index contributed by atoms with van der Waals surface area (Å²) < 4.78 is 14.7. The minimum atomic E-state index is -0.498. The van der Waals surface area contributed by atoms with Gasteiger partial charge in [0.05, 0.1) is 16.3 Å². The molecule has 2 heterocycles. The maximum absolute atomic E-state index is 13.3. The molecule has 0 aliphatic carbocycles. The highest BCUT2D eigenvalue weighted by Crippen LogP contribution is 2.23. The minimum absolute atomic E-state index is 0.0685. The molecule has 8 nitrogen and oxygen atoms in total. The number of halogens is 1. The third kappa shape index (κ3) is 4.67. The van der Waals surface area contributed by atoms with Crippen molar-refractivity contribution in [1.29, 1.82) is 0 Å². The molecular weight excluding hydrogens is 413 g/mol. The molecule has 2 aromatic carbocycles. The van der Waals surface area contributed by atoms with Crippen LogP contribution < -0.4 is 5.32 Å². The molecule has 9 heteroatoms. The Bertz CT molecular complexity index is 1240. The number of nitro groups is 1. The van der Waals surface area contributed by atoms with Gasteiger partial charge in [0.25, 0.3) is 11.6 Å². The van der Waals surface area contributed by atoms with Gasteiger partial charge in [0.1, 0.15) is 11.5 Å². The summed E-state index contributed by atoms with van der Waals surface area (Å²) in [5, 5.41) is 18.3. The van der Waals surface area contributed by atoms with Crippen LogP contribution >= 0.6 is 0 Å². The summed E-state index contributed by atoms with van der Waals surface area (Å²) in [4.78, 5) is 27.6. The molecule has 0 aliphatic rings. The van der Waals surface area contributed by atoms with Crippen molar-refractivity contribution in [3.8, 4) is 16.9 Å². The molecule has 0 saturated carbocycles. The molecular formula is C23H18FN5O3. The van der Waals surface area contributed by atoms with Crippen molar-refractivity contribution in [2.75, 3.05) is 6.54 Å². The Hall–Kier alpha value is -4.40. The highest BCUT2D eigenvalue weighted by molar-refractivity contribution is 5.94. The number of hydrogen-bond donors (Lipinski definition) is 1. The molecule has 0 aliphatic heterocycles. The lowest BCUT2D eigenvalue weighted by Crippen LogP contribution is -2.28. The Morgan fingerprint density at radius 2 is 1.81 bits per heavy atom. The Labute approximate surface area is 182 Å². The van der Waals surface area contributed by atoms with E-state index in [2.05, 4.69) is 15.4 Å². The van der Waals surface area contributed by atoms with E-state index in [0.29, 0.717) is 29.9 Å².